The highest BCUT2D eigenvalue weighted by molar-refractivity contribution is 6.31. The molecule has 0 N–H and O–H groups in total. The summed E-state index contributed by atoms with van der Waals surface area (Å²) in [5.41, 5.74) is 3.69. The lowest BCUT2D eigenvalue weighted by Gasteiger charge is -2.34. The maximum absolute atomic E-state index is 13.6. The molecule has 226 valence electrons. The standard InChI is InChI=1S/C38H24Cl2O6/c39-24-14-16-30-28(18-24)32(41)37(35(44-30)22-6-2-1-3-7-22)43-20-21-10-12-23(13-11-21)34-26-8-4-5-9-27(26)36-38(46-34)33(42)29-19-25(40)15-17-31(29)45-36/h1-4,6-19,26,34H,5,20H2. The zero-order valence-electron chi connectivity index (χ0n) is 24.2. The van der Waals surface area contributed by atoms with Gasteiger partial charge in [0.2, 0.25) is 22.4 Å². The minimum absolute atomic E-state index is 0.110. The van der Waals surface area contributed by atoms with Crippen molar-refractivity contribution in [1.82, 2.24) is 0 Å². The number of rotatable bonds is 5. The van der Waals surface area contributed by atoms with Crippen LogP contribution in [0.5, 0.6) is 11.5 Å². The Morgan fingerprint density at radius 2 is 1.43 bits per heavy atom. The number of benzene rings is 4. The molecule has 0 spiro atoms. The summed E-state index contributed by atoms with van der Waals surface area (Å²) in [5, 5.41) is 1.60. The molecule has 2 aromatic heterocycles. The molecule has 0 bridgehead atoms. The fourth-order valence-electron chi connectivity index (χ4n) is 6.11. The molecule has 4 aromatic carbocycles. The number of fused-ring (bicyclic) bond motifs is 5. The van der Waals surface area contributed by atoms with Gasteiger partial charge >= 0.3 is 0 Å². The molecular formula is C38H24Cl2O6. The monoisotopic (exact) mass is 646 g/mol. The lowest BCUT2D eigenvalue weighted by molar-refractivity contribution is 0.161. The second-order valence-electron chi connectivity index (χ2n) is 11.2. The third-order valence-electron chi connectivity index (χ3n) is 8.36. The molecule has 2 aliphatic rings. The van der Waals surface area contributed by atoms with Gasteiger partial charge in [0.05, 0.1) is 10.8 Å². The van der Waals surface area contributed by atoms with Crippen LogP contribution in [0, 0.1) is 5.92 Å². The van der Waals surface area contributed by atoms with Crippen molar-refractivity contribution in [2.75, 3.05) is 0 Å². The molecule has 0 saturated heterocycles. The van der Waals surface area contributed by atoms with Crippen LogP contribution in [0.25, 0.3) is 38.8 Å². The number of hydrogen-bond donors (Lipinski definition) is 0. The molecule has 3 heterocycles. The Balaban J connectivity index is 1.12. The van der Waals surface area contributed by atoms with Gasteiger partial charge in [-0.1, -0.05) is 96.0 Å². The molecule has 6 aromatic rings. The van der Waals surface area contributed by atoms with Crippen LogP contribution in [-0.2, 0) is 6.61 Å². The van der Waals surface area contributed by atoms with Crippen molar-refractivity contribution in [2.24, 2.45) is 5.92 Å². The lowest BCUT2D eigenvalue weighted by atomic mass is 9.81. The summed E-state index contributed by atoms with van der Waals surface area (Å²) in [7, 11) is 0. The van der Waals surface area contributed by atoms with Crippen LogP contribution < -0.4 is 20.3 Å². The Bertz CT molecular complexity index is 2340. The normalized spacial score (nSPS) is 16.9. The van der Waals surface area contributed by atoms with Crippen molar-refractivity contribution >= 4 is 50.7 Å². The fraction of sp³-hybridized carbons (Fsp3) is 0.105. The zero-order valence-corrected chi connectivity index (χ0v) is 25.7. The van der Waals surface area contributed by atoms with Gasteiger partial charge in [-0.2, -0.15) is 0 Å². The molecule has 46 heavy (non-hydrogen) atoms. The number of hydrogen-bond acceptors (Lipinski definition) is 6. The van der Waals surface area contributed by atoms with Crippen molar-refractivity contribution in [3.8, 4) is 22.8 Å². The van der Waals surface area contributed by atoms with Gasteiger partial charge in [0.25, 0.3) is 0 Å². The first-order chi connectivity index (χ1) is 22.4. The molecule has 0 saturated carbocycles. The minimum atomic E-state index is -0.452. The summed E-state index contributed by atoms with van der Waals surface area (Å²) in [4.78, 5) is 27.2. The smallest absolute Gasteiger partial charge is 0.235 e. The molecule has 0 amide bonds. The molecule has 8 rings (SSSR count). The van der Waals surface area contributed by atoms with Crippen LogP contribution in [0.4, 0.5) is 0 Å². The summed E-state index contributed by atoms with van der Waals surface area (Å²) in [6, 6.07) is 27.1. The molecule has 6 nitrogen and oxygen atoms in total. The molecule has 2 unspecified atom stereocenters. The molecule has 2 atom stereocenters. The first kappa shape index (κ1) is 28.4. The fourth-order valence-corrected chi connectivity index (χ4v) is 6.46. The van der Waals surface area contributed by atoms with Crippen LogP contribution in [0.1, 0.15) is 29.4 Å². The predicted molar refractivity (Wildman–Crippen MR) is 180 cm³/mol. The van der Waals surface area contributed by atoms with Gasteiger partial charge < -0.3 is 18.3 Å². The summed E-state index contributed by atoms with van der Waals surface area (Å²) >= 11 is 12.4. The molecule has 0 fully saturated rings. The van der Waals surface area contributed by atoms with E-state index in [1.165, 1.54) is 0 Å². The molecule has 0 radical (unpaired) electrons. The van der Waals surface area contributed by atoms with E-state index in [1.54, 1.807) is 36.4 Å². The van der Waals surface area contributed by atoms with Gasteiger partial charge in [-0.25, -0.2) is 0 Å². The third kappa shape index (κ3) is 4.91. The van der Waals surface area contributed by atoms with Crippen molar-refractivity contribution < 1.29 is 18.3 Å². The first-order valence-electron chi connectivity index (χ1n) is 14.8. The van der Waals surface area contributed by atoms with E-state index in [0.717, 1.165) is 28.7 Å². The Labute approximate surface area is 272 Å². The Hall–Kier alpha value is -5.04. The zero-order chi connectivity index (χ0) is 31.4. The topological polar surface area (TPSA) is 78.9 Å². The largest absolute Gasteiger partial charge is 0.481 e. The van der Waals surface area contributed by atoms with Crippen LogP contribution in [0.3, 0.4) is 0 Å². The highest BCUT2D eigenvalue weighted by Crippen LogP contribution is 2.47. The summed E-state index contributed by atoms with van der Waals surface area (Å²) in [5.74, 6) is 0.959. The van der Waals surface area contributed by atoms with E-state index >= 15 is 0 Å². The molecule has 1 aliphatic carbocycles. The van der Waals surface area contributed by atoms with Gasteiger partial charge in [-0.15, -0.1) is 0 Å². The second kappa shape index (κ2) is 11.4. The SMILES string of the molecule is O=c1c2c(oc3ccc(Cl)cc13)C1=CCC=CC1C(c1ccc(COc3c(-c4ccccc4)oc4ccc(Cl)cc4c3=O)cc1)O2. The minimum Gasteiger partial charge on any atom is -0.481 e. The number of halogens is 2. The first-order valence-corrected chi connectivity index (χ1v) is 15.5. The summed E-state index contributed by atoms with van der Waals surface area (Å²) < 4.78 is 25.0. The molecule has 8 heteroatoms. The van der Waals surface area contributed by atoms with E-state index in [2.05, 4.69) is 18.2 Å². The Morgan fingerprint density at radius 3 is 2.15 bits per heavy atom. The van der Waals surface area contributed by atoms with Gasteiger partial charge in [-0.05, 0) is 53.9 Å². The predicted octanol–water partition coefficient (Wildman–Crippen LogP) is 9.55. The Kier molecular flexibility index (Phi) is 7.04. The van der Waals surface area contributed by atoms with E-state index in [1.807, 2.05) is 54.6 Å². The van der Waals surface area contributed by atoms with Crippen LogP contribution >= 0.6 is 23.2 Å². The molecule has 1 aliphatic heterocycles. The van der Waals surface area contributed by atoms with Gasteiger partial charge in [0, 0.05) is 27.1 Å². The van der Waals surface area contributed by atoms with Crippen molar-refractivity contribution in [3.63, 3.8) is 0 Å². The van der Waals surface area contributed by atoms with Crippen LogP contribution in [-0.4, -0.2) is 0 Å². The van der Waals surface area contributed by atoms with Gasteiger partial charge in [0.1, 0.15) is 23.9 Å². The van der Waals surface area contributed by atoms with E-state index < -0.39 is 6.10 Å². The van der Waals surface area contributed by atoms with E-state index in [4.69, 9.17) is 41.5 Å². The second-order valence-corrected chi connectivity index (χ2v) is 12.1. The summed E-state index contributed by atoms with van der Waals surface area (Å²) in [6.07, 6.45) is 6.55. The maximum atomic E-state index is 13.6. The van der Waals surface area contributed by atoms with Gasteiger partial charge in [0.15, 0.2) is 11.5 Å². The number of allylic oxidation sites excluding steroid dienone is 2. The highest BCUT2D eigenvalue weighted by Gasteiger charge is 2.38. The maximum Gasteiger partial charge on any atom is 0.235 e. The van der Waals surface area contributed by atoms with Crippen molar-refractivity contribution in [3.05, 3.63) is 157 Å². The van der Waals surface area contributed by atoms with Crippen LogP contribution in [0.2, 0.25) is 10.0 Å². The number of ether oxygens (including phenoxy) is 2. The average molecular weight is 648 g/mol. The lowest BCUT2D eigenvalue weighted by Crippen LogP contribution is -2.28. The quantitative estimate of drug-likeness (QED) is 0.174. The highest BCUT2D eigenvalue weighted by atomic mass is 35.5. The molecular weight excluding hydrogens is 623 g/mol. The van der Waals surface area contributed by atoms with Crippen molar-refractivity contribution in [1.29, 1.82) is 0 Å². The van der Waals surface area contributed by atoms with Crippen LogP contribution in [0.15, 0.2) is 128 Å². The van der Waals surface area contributed by atoms with E-state index in [0.29, 0.717) is 43.5 Å². The Morgan fingerprint density at radius 1 is 0.761 bits per heavy atom. The van der Waals surface area contributed by atoms with Gasteiger partial charge in [-0.3, -0.25) is 9.59 Å². The van der Waals surface area contributed by atoms with E-state index in [9.17, 15) is 9.59 Å². The van der Waals surface area contributed by atoms with Crippen molar-refractivity contribution in [2.45, 2.75) is 19.1 Å². The third-order valence-corrected chi connectivity index (χ3v) is 8.83. The van der Waals surface area contributed by atoms with E-state index in [-0.39, 0.29) is 34.9 Å². The summed E-state index contributed by atoms with van der Waals surface area (Å²) in [6.45, 7) is 0.121. The average Bonchev–Trinajstić information content (AvgIpc) is 3.09.